The standard InChI is InChI=1S/C11H10N2O2/c14-11(13-15)7-9-6-5-8-3-1-2-4-10(8)12-9/h1-6,15H,7H2,(H,13,14). The smallest absolute Gasteiger partial charge is 0.249 e. The number of hydrogen-bond donors (Lipinski definition) is 2. The molecule has 0 atom stereocenters. The first-order valence-electron chi connectivity index (χ1n) is 4.57. The molecule has 2 aromatic rings. The maximum Gasteiger partial charge on any atom is 0.249 e. The molecule has 1 aromatic heterocycles. The van der Waals surface area contributed by atoms with E-state index in [0.717, 1.165) is 10.9 Å². The summed E-state index contributed by atoms with van der Waals surface area (Å²) in [6.07, 6.45) is 0.0847. The van der Waals surface area contributed by atoms with E-state index in [1.54, 1.807) is 11.5 Å². The Labute approximate surface area is 86.5 Å². The maximum atomic E-state index is 10.9. The fraction of sp³-hybridized carbons (Fsp3) is 0.0909. The Kier molecular flexibility index (Phi) is 2.60. The maximum absolute atomic E-state index is 10.9. The van der Waals surface area contributed by atoms with Crippen LogP contribution in [0, 0.1) is 0 Å². The van der Waals surface area contributed by atoms with Crippen molar-refractivity contribution in [3.63, 3.8) is 0 Å². The lowest BCUT2D eigenvalue weighted by Gasteiger charge is -2.01. The zero-order valence-electron chi connectivity index (χ0n) is 7.97. The number of pyridine rings is 1. The highest BCUT2D eigenvalue weighted by Gasteiger charge is 2.03. The minimum absolute atomic E-state index is 0.0847. The minimum Gasteiger partial charge on any atom is -0.289 e. The summed E-state index contributed by atoms with van der Waals surface area (Å²) in [6, 6.07) is 11.4. The Hall–Kier alpha value is -1.94. The topological polar surface area (TPSA) is 62.2 Å². The summed E-state index contributed by atoms with van der Waals surface area (Å²) in [5, 5.41) is 9.42. The molecule has 15 heavy (non-hydrogen) atoms. The van der Waals surface area contributed by atoms with Gasteiger partial charge in [-0.15, -0.1) is 0 Å². The molecule has 1 amide bonds. The van der Waals surface area contributed by atoms with Gasteiger partial charge in [-0.1, -0.05) is 24.3 Å². The number of hydrogen-bond acceptors (Lipinski definition) is 3. The SMILES string of the molecule is O=C(Cc1ccc2ccccc2n1)NO. The summed E-state index contributed by atoms with van der Waals surface area (Å²) >= 11 is 0. The van der Waals surface area contributed by atoms with Crippen LogP contribution in [0.3, 0.4) is 0 Å². The lowest BCUT2D eigenvalue weighted by Crippen LogP contribution is -2.21. The summed E-state index contributed by atoms with van der Waals surface area (Å²) in [7, 11) is 0. The van der Waals surface area contributed by atoms with Gasteiger partial charge in [0.25, 0.3) is 0 Å². The predicted molar refractivity (Wildman–Crippen MR) is 55.4 cm³/mol. The number of nitrogens with one attached hydrogen (secondary N) is 1. The van der Waals surface area contributed by atoms with E-state index in [2.05, 4.69) is 4.98 Å². The quantitative estimate of drug-likeness (QED) is 0.569. The molecular weight excluding hydrogens is 192 g/mol. The highest BCUT2D eigenvalue weighted by atomic mass is 16.5. The average molecular weight is 202 g/mol. The molecule has 2 N–H and O–H groups in total. The summed E-state index contributed by atoms with van der Waals surface area (Å²) in [5.41, 5.74) is 3.07. The number of benzene rings is 1. The first kappa shape index (κ1) is 9.61. The second-order valence-corrected chi connectivity index (χ2v) is 3.21. The van der Waals surface area contributed by atoms with Crippen molar-refractivity contribution in [2.45, 2.75) is 6.42 Å². The van der Waals surface area contributed by atoms with Crippen LogP contribution in [0.4, 0.5) is 0 Å². The molecule has 0 saturated carbocycles. The van der Waals surface area contributed by atoms with Gasteiger partial charge in [0.2, 0.25) is 5.91 Å². The lowest BCUT2D eigenvalue weighted by molar-refractivity contribution is -0.128. The number of rotatable bonds is 2. The molecule has 0 spiro atoms. The molecule has 1 aromatic carbocycles. The van der Waals surface area contributed by atoms with Crippen LogP contribution in [0.2, 0.25) is 0 Å². The molecule has 0 saturated heterocycles. The molecule has 76 valence electrons. The van der Waals surface area contributed by atoms with Crippen molar-refractivity contribution in [2.75, 3.05) is 0 Å². The van der Waals surface area contributed by atoms with Crippen LogP contribution in [-0.2, 0) is 11.2 Å². The van der Waals surface area contributed by atoms with E-state index < -0.39 is 5.91 Å². The van der Waals surface area contributed by atoms with E-state index in [1.807, 2.05) is 30.3 Å². The summed E-state index contributed by atoms with van der Waals surface area (Å²) < 4.78 is 0. The van der Waals surface area contributed by atoms with Gasteiger partial charge < -0.3 is 0 Å². The number of aromatic nitrogens is 1. The third-order valence-electron chi connectivity index (χ3n) is 2.12. The van der Waals surface area contributed by atoms with Gasteiger partial charge in [-0.05, 0) is 12.1 Å². The number of nitrogens with zero attached hydrogens (tertiary/aromatic N) is 1. The van der Waals surface area contributed by atoms with Crippen molar-refractivity contribution in [3.8, 4) is 0 Å². The highest BCUT2D eigenvalue weighted by molar-refractivity contribution is 5.81. The molecule has 0 unspecified atom stereocenters. The molecule has 0 aliphatic carbocycles. The Morgan fingerprint density at radius 1 is 1.27 bits per heavy atom. The van der Waals surface area contributed by atoms with Crippen molar-refractivity contribution in [1.29, 1.82) is 0 Å². The largest absolute Gasteiger partial charge is 0.289 e. The number of carbonyl (C=O) groups is 1. The Bertz CT molecular complexity index is 497. The second-order valence-electron chi connectivity index (χ2n) is 3.21. The number of fused-ring (bicyclic) bond motifs is 1. The number of para-hydroxylation sites is 1. The van der Waals surface area contributed by atoms with Crippen LogP contribution >= 0.6 is 0 Å². The van der Waals surface area contributed by atoms with Crippen molar-refractivity contribution in [3.05, 3.63) is 42.1 Å². The van der Waals surface area contributed by atoms with Crippen LogP contribution < -0.4 is 5.48 Å². The Balaban J connectivity index is 2.34. The van der Waals surface area contributed by atoms with E-state index in [-0.39, 0.29) is 6.42 Å². The lowest BCUT2D eigenvalue weighted by atomic mass is 10.2. The van der Waals surface area contributed by atoms with Gasteiger partial charge in [-0.25, -0.2) is 5.48 Å². The monoisotopic (exact) mass is 202 g/mol. The Morgan fingerprint density at radius 2 is 2.07 bits per heavy atom. The van der Waals surface area contributed by atoms with Gasteiger partial charge in [0.15, 0.2) is 0 Å². The average Bonchev–Trinajstić information content (AvgIpc) is 2.29. The van der Waals surface area contributed by atoms with Gasteiger partial charge in [-0.2, -0.15) is 0 Å². The molecule has 0 fully saturated rings. The number of carbonyl (C=O) groups excluding carboxylic acids is 1. The van der Waals surface area contributed by atoms with E-state index in [1.165, 1.54) is 0 Å². The summed E-state index contributed by atoms with van der Waals surface area (Å²) in [5.74, 6) is -0.460. The zero-order valence-corrected chi connectivity index (χ0v) is 7.97. The van der Waals surface area contributed by atoms with Crippen molar-refractivity contribution >= 4 is 16.8 Å². The summed E-state index contributed by atoms with van der Waals surface area (Å²) in [6.45, 7) is 0. The van der Waals surface area contributed by atoms with Gasteiger partial charge in [0, 0.05) is 5.39 Å². The van der Waals surface area contributed by atoms with Gasteiger partial charge in [0.1, 0.15) is 0 Å². The second kappa shape index (κ2) is 4.06. The fourth-order valence-electron chi connectivity index (χ4n) is 1.41. The van der Waals surface area contributed by atoms with Crippen LogP contribution in [0.25, 0.3) is 10.9 Å². The van der Waals surface area contributed by atoms with Gasteiger partial charge >= 0.3 is 0 Å². The van der Waals surface area contributed by atoms with Crippen molar-refractivity contribution < 1.29 is 10.0 Å². The summed E-state index contributed by atoms with van der Waals surface area (Å²) in [4.78, 5) is 15.2. The highest BCUT2D eigenvalue weighted by Crippen LogP contribution is 2.11. The fourth-order valence-corrected chi connectivity index (χ4v) is 1.41. The molecule has 0 aliphatic rings. The Morgan fingerprint density at radius 3 is 2.87 bits per heavy atom. The van der Waals surface area contributed by atoms with E-state index in [0.29, 0.717) is 5.69 Å². The molecule has 0 radical (unpaired) electrons. The third-order valence-corrected chi connectivity index (χ3v) is 2.12. The first-order valence-corrected chi connectivity index (χ1v) is 4.57. The third kappa shape index (κ3) is 2.11. The van der Waals surface area contributed by atoms with Gasteiger partial charge in [0.05, 0.1) is 17.6 Å². The number of hydroxylamine groups is 1. The molecule has 4 heteroatoms. The van der Waals surface area contributed by atoms with Gasteiger partial charge in [-0.3, -0.25) is 15.0 Å². The van der Waals surface area contributed by atoms with Crippen molar-refractivity contribution in [2.24, 2.45) is 0 Å². The van der Waals surface area contributed by atoms with Crippen LogP contribution in [-0.4, -0.2) is 16.1 Å². The van der Waals surface area contributed by atoms with E-state index in [9.17, 15) is 4.79 Å². The molecular formula is C11H10N2O2. The molecule has 0 bridgehead atoms. The number of amides is 1. The van der Waals surface area contributed by atoms with E-state index >= 15 is 0 Å². The van der Waals surface area contributed by atoms with Crippen molar-refractivity contribution in [1.82, 2.24) is 10.5 Å². The van der Waals surface area contributed by atoms with E-state index in [4.69, 9.17) is 5.21 Å². The minimum atomic E-state index is -0.460. The zero-order chi connectivity index (χ0) is 10.7. The molecule has 4 nitrogen and oxygen atoms in total. The molecule has 1 heterocycles. The molecule has 2 rings (SSSR count). The van der Waals surface area contributed by atoms with Crippen LogP contribution in [0.1, 0.15) is 5.69 Å². The van der Waals surface area contributed by atoms with Crippen LogP contribution in [0.5, 0.6) is 0 Å². The van der Waals surface area contributed by atoms with Crippen LogP contribution in [0.15, 0.2) is 36.4 Å². The predicted octanol–water partition coefficient (Wildman–Crippen LogP) is 1.28. The normalized spacial score (nSPS) is 10.2. The first-order chi connectivity index (χ1) is 7.29. The molecule has 0 aliphatic heterocycles.